The van der Waals surface area contributed by atoms with Gasteiger partial charge in [0.1, 0.15) is 0 Å². The SMILES string of the molecule is O=C(O)c1ccc(Br)c([C@@H]2CCN2)c1. The fourth-order valence-corrected chi connectivity index (χ4v) is 2.02. The van der Waals surface area contributed by atoms with Gasteiger partial charge < -0.3 is 10.4 Å². The van der Waals surface area contributed by atoms with Crippen molar-refractivity contribution in [3.8, 4) is 0 Å². The number of halogens is 1. The maximum atomic E-state index is 10.8. The van der Waals surface area contributed by atoms with Gasteiger partial charge in [-0.05, 0) is 36.7 Å². The second-order valence-electron chi connectivity index (χ2n) is 3.34. The van der Waals surface area contributed by atoms with Crippen molar-refractivity contribution in [1.29, 1.82) is 0 Å². The highest BCUT2D eigenvalue weighted by Gasteiger charge is 2.21. The number of carboxylic acids is 1. The average Bonchev–Trinajstić information content (AvgIpc) is 2.05. The third kappa shape index (κ3) is 1.67. The topological polar surface area (TPSA) is 49.3 Å². The minimum Gasteiger partial charge on any atom is -0.478 e. The van der Waals surface area contributed by atoms with E-state index in [9.17, 15) is 4.79 Å². The van der Waals surface area contributed by atoms with Crippen molar-refractivity contribution >= 4 is 21.9 Å². The minimum atomic E-state index is -0.877. The van der Waals surface area contributed by atoms with E-state index in [1.807, 2.05) is 0 Å². The summed E-state index contributed by atoms with van der Waals surface area (Å²) in [6.45, 7) is 1.01. The van der Waals surface area contributed by atoms with Crippen LogP contribution in [0.15, 0.2) is 22.7 Å². The standard InChI is InChI=1S/C10H10BrNO2/c11-8-2-1-6(10(13)14)5-7(8)9-3-4-12-9/h1-2,5,9,12H,3-4H2,(H,13,14)/t9-/m0/s1. The number of nitrogens with one attached hydrogen (secondary N) is 1. The molecular formula is C10H10BrNO2. The number of benzene rings is 1. The summed E-state index contributed by atoms with van der Waals surface area (Å²) in [7, 11) is 0. The fraction of sp³-hybridized carbons (Fsp3) is 0.300. The van der Waals surface area contributed by atoms with Gasteiger partial charge in [0, 0.05) is 10.5 Å². The van der Waals surface area contributed by atoms with Crippen LogP contribution in [-0.4, -0.2) is 17.6 Å². The van der Waals surface area contributed by atoms with Crippen molar-refractivity contribution in [3.05, 3.63) is 33.8 Å². The number of rotatable bonds is 2. The molecule has 1 aromatic carbocycles. The summed E-state index contributed by atoms with van der Waals surface area (Å²) < 4.78 is 0.972. The summed E-state index contributed by atoms with van der Waals surface area (Å²) in [5.41, 5.74) is 1.38. The molecule has 4 heteroatoms. The monoisotopic (exact) mass is 255 g/mol. The van der Waals surface area contributed by atoms with E-state index in [1.54, 1.807) is 18.2 Å². The molecule has 1 aromatic rings. The third-order valence-electron chi connectivity index (χ3n) is 2.44. The number of hydrogen-bond acceptors (Lipinski definition) is 2. The highest BCUT2D eigenvalue weighted by molar-refractivity contribution is 9.10. The molecule has 0 unspecified atom stereocenters. The fourth-order valence-electron chi connectivity index (χ4n) is 1.50. The summed E-state index contributed by atoms with van der Waals surface area (Å²) in [4.78, 5) is 10.8. The van der Waals surface area contributed by atoms with Crippen LogP contribution in [0.3, 0.4) is 0 Å². The van der Waals surface area contributed by atoms with E-state index in [-0.39, 0.29) is 0 Å². The van der Waals surface area contributed by atoms with Crippen molar-refractivity contribution in [1.82, 2.24) is 5.32 Å². The van der Waals surface area contributed by atoms with Gasteiger partial charge in [-0.3, -0.25) is 0 Å². The van der Waals surface area contributed by atoms with Gasteiger partial charge >= 0.3 is 5.97 Å². The number of carbonyl (C=O) groups is 1. The van der Waals surface area contributed by atoms with E-state index < -0.39 is 5.97 Å². The molecule has 2 rings (SSSR count). The van der Waals surface area contributed by atoms with Crippen LogP contribution in [0, 0.1) is 0 Å². The summed E-state index contributed by atoms with van der Waals surface area (Å²) in [6, 6.07) is 5.43. The van der Waals surface area contributed by atoms with Crippen LogP contribution in [-0.2, 0) is 0 Å². The number of aromatic carboxylic acids is 1. The third-order valence-corrected chi connectivity index (χ3v) is 3.16. The minimum absolute atomic E-state index is 0.309. The van der Waals surface area contributed by atoms with Crippen molar-refractivity contribution in [3.63, 3.8) is 0 Å². The second kappa shape index (κ2) is 3.71. The number of hydrogen-bond donors (Lipinski definition) is 2. The Morgan fingerprint density at radius 3 is 2.79 bits per heavy atom. The van der Waals surface area contributed by atoms with E-state index in [4.69, 9.17) is 5.11 Å². The summed E-state index contributed by atoms with van der Waals surface area (Å²) in [5, 5.41) is 12.1. The molecule has 0 bridgehead atoms. The summed E-state index contributed by atoms with van der Waals surface area (Å²) >= 11 is 3.42. The van der Waals surface area contributed by atoms with Gasteiger partial charge in [-0.2, -0.15) is 0 Å². The van der Waals surface area contributed by atoms with Crippen molar-refractivity contribution in [2.75, 3.05) is 6.54 Å². The molecule has 0 aromatic heterocycles. The molecule has 1 saturated heterocycles. The van der Waals surface area contributed by atoms with E-state index >= 15 is 0 Å². The maximum absolute atomic E-state index is 10.8. The van der Waals surface area contributed by atoms with Crippen LogP contribution in [0.4, 0.5) is 0 Å². The molecule has 1 aliphatic heterocycles. The van der Waals surface area contributed by atoms with E-state index in [0.29, 0.717) is 11.6 Å². The molecule has 0 radical (unpaired) electrons. The first kappa shape index (κ1) is 9.68. The van der Waals surface area contributed by atoms with Crippen LogP contribution < -0.4 is 5.32 Å². The predicted octanol–water partition coefficient (Wildman–Crippen LogP) is 2.18. The lowest BCUT2D eigenvalue weighted by molar-refractivity contribution is 0.0696. The van der Waals surface area contributed by atoms with Crippen LogP contribution >= 0.6 is 15.9 Å². The first-order valence-corrected chi connectivity index (χ1v) is 5.24. The second-order valence-corrected chi connectivity index (χ2v) is 4.19. The van der Waals surface area contributed by atoms with E-state index in [1.165, 1.54) is 0 Å². The highest BCUT2D eigenvalue weighted by Crippen LogP contribution is 2.30. The lowest BCUT2D eigenvalue weighted by atomic mass is 9.96. The van der Waals surface area contributed by atoms with Crippen LogP contribution in [0.2, 0.25) is 0 Å². The maximum Gasteiger partial charge on any atom is 0.335 e. The van der Waals surface area contributed by atoms with Crippen molar-refractivity contribution in [2.24, 2.45) is 0 Å². The molecule has 1 aliphatic rings. The Morgan fingerprint density at radius 1 is 1.57 bits per heavy atom. The molecule has 2 N–H and O–H groups in total. The molecule has 14 heavy (non-hydrogen) atoms. The summed E-state index contributed by atoms with van der Waals surface area (Å²) in [5.74, 6) is -0.877. The number of carboxylic acid groups (broad SMARTS) is 1. The first-order chi connectivity index (χ1) is 6.68. The lowest BCUT2D eigenvalue weighted by Crippen LogP contribution is -2.35. The molecule has 0 spiro atoms. The van der Waals surface area contributed by atoms with Crippen LogP contribution in [0.25, 0.3) is 0 Å². The predicted molar refractivity (Wildman–Crippen MR) is 56.5 cm³/mol. The molecule has 3 nitrogen and oxygen atoms in total. The Kier molecular flexibility index (Phi) is 2.56. The van der Waals surface area contributed by atoms with Crippen LogP contribution in [0.1, 0.15) is 28.4 Å². The molecule has 74 valence electrons. The normalized spacial score (nSPS) is 20.2. The zero-order valence-electron chi connectivity index (χ0n) is 7.46. The first-order valence-electron chi connectivity index (χ1n) is 4.44. The molecule has 0 aliphatic carbocycles. The Balaban J connectivity index is 2.36. The highest BCUT2D eigenvalue weighted by atomic mass is 79.9. The molecule has 1 atom stereocenters. The Labute approximate surface area is 90.3 Å². The van der Waals surface area contributed by atoms with Gasteiger partial charge in [-0.15, -0.1) is 0 Å². The van der Waals surface area contributed by atoms with Gasteiger partial charge in [0.2, 0.25) is 0 Å². The average molecular weight is 256 g/mol. The van der Waals surface area contributed by atoms with E-state index in [2.05, 4.69) is 21.2 Å². The van der Waals surface area contributed by atoms with Crippen molar-refractivity contribution < 1.29 is 9.90 Å². The zero-order chi connectivity index (χ0) is 10.1. The van der Waals surface area contributed by atoms with Gasteiger partial charge in [0.15, 0.2) is 0 Å². The van der Waals surface area contributed by atoms with Gasteiger partial charge in [-0.25, -0.2) is 4.79 Å². The molecule has 1 fully saturated rings. The summed E-state index contributed by atoms with van der Waals surface area (Å²) in [6.07, 6.45) is 1.07. The van der Waals surface area contributed by atoms with Gasteiger partial charge in [-0.1, -0.05) is 15.9 Å². The van der Waals surface area contributed by atoms with Crippen molar-refractivity contribution in [2.45, 2.75) is 12.5 Å². The smallest absolute Gasteiger partial charge is 0.335 e. The Bertz CT molecular complexity index is 374. The lowest BCUT2D eigenvalue weighted by Gasteiger charge is -2.29. The van der Waals surface area contributed by atoms with Crippen LogP contribution in [0.5, 0.6) is 0 Å². The zero-order valence-corrected chi connectivity index (χ0v) is 9.04. The van der Waals surface area contributed by atoms with Gasteiger partial charge in [0.25, 0.3) is 0 Å². The molecule has 0 amide bonds. The Hall–Kier alpha value is -0.870. The van der Waals surface area contributed by atoms with Gasteiger partial charge in [0.05, 0.1) is 5.56 Å². The molecule has 0 saturated carbocycles. The van der Waals surface area contributed by atoms with E-state index in [0.717, 1.165) is 23.0 Å². The quantitative estimate of drug-likeness (QED) is 0.852. The molecular weight excluding hydrogens is 246 g/mol. The molecule has 1 heterocycles. The Morgan fingerprint density at radius 2 is 2.29 bits per heavy atom. The largest absolute Gasteiger partial charge is 0.478 e.